The van der Waals surface area contributed by atoms with Crippen LogP contribution >= 0.6 is 0 Å². The van der Waals surface area contributed by atoms with Crippen LogP contribution < -0.4 is 0 Å². The monoisotopic (exact) mass is 147 g/mol. The molecule has 0 N–H and O–H groups in total. The van der Waals surface area contributed by atoms with Gasteiger partial charge in [0, 0.05) is 6.92 Å². The van der Waals surface area contributed by atoms with Crippen LogP contribution in [0.25, 0.3) is 6.08 Å². The Morgan fingerprint density at radius 2 is 2.36 bits per heavy atom. The second-order valence-corrected chi connectivity index (χ2v) is 2.03. The van der Waals surface area contributed by atoms with Crippen molar-refractivity contribution in [3.63, 3.8) is 0 Å². The van der Waals surface area contributed by atoms with Crippen molar-refractivity contribution in [2.24, 2.45) is 0 Å². The van der Waals surface area contributed by atoms with Gasteiger partial charge in [0.2, 0.25) is 5.76 Å². The second-order valence-electron chi connectivity index (χ2n) is 2.03. The zero-order valence-electron chi connectivity index (χ0n) is 6.64. The lowest BCUT2D eigenvalue weighted by Gasteiger charge is -1.80. The summed E-state index contributed by atoms with van der Waals surface area (Å²) in [5.41, 5.74) is 0.719. The zero-order chi connectivity index (χ0) is 8.27. The van der Waals surface area contributed by atoms with Gasteiger partial charge in [0.1, 0.15) is 5.69 Å². The lowest BCUT2D eigenvalue weighted by atomic mass is 10.3. The van der Waals surface area contributed by atoms with Crippen LogP contribution in [-0.4, -0.2) is 4.98 Å². The molecule has 0 aromatic carbocycles. The Hall–Kier alpha value is -1.49. The summed E-state index contributed by atoms with van der Waals surface area (Å²) in [6.07, 6.45) is 1.64. The summed E-state index contributed by atoms with van der Waals surface area (Å²) in [6.45, 7) is 7.14. The largest absolute Gasteiger partial charge is 0.432 e. The van der Waals surface area contributed by atoms with Gasteiger partial charge in [-0.3, -0.25) is 0 Å². The van der Waals surface area contributed by atoms with E-state index in [1.807, 2.05) is 0 Å². The van der Waals surface area contributed by atoms with E-state index < -0.39 is 0 Å². The van der Waals surface area contributed by atoms with Crippen molar-refractivity contribution in [2.75, 3.05) is 0 Å². The van der Waals surface area contributed by atoms with E-state index in [0.29, 0.717) is 11.7 Å². The minimum Gasteiger partial charge on any atom is -0.432 e. The van der Waals surface area contributed by atoms with E-state index in [9.17, 15) is 0 Å². The van der Waals surface area contributed by atoms with E-state index in [0.717, 1.165) is 5.69 Å². The van der Waals surface area contributed by atoms with Crippen LogP contribution in [0.4, 0.5) is 0 Å². The summed E-state index contributed by atoms with van der Waals surface area (Å²) in [6, 6.07) is 0. The number of hydrogen-bond acceptors (Lipinski definition) is 2. The topological polar surface area (TPSA) is 26.0 Å². The molecule has 0 saturated carbocycles. The fraction of sp³-hybridized carbons (Fsp3) is 0.222. The van der Waals surface area contributed by atoms with Crippen LogP contribution in [0.15, 0.2) is 11.0 Å². The molecule has 0 amide bonds. The predicted octanol–water partition coefficient (Wildman–Crippen LogP) is 2.00. The van der Waals surface area contributed by atoms with Crippen LogP contribution in [0.5, 0.6) is 0 Å². The maximum atomic E-state index is 5.19. The molecule has 2 nitrogen and oxygen atoms in total. The van der Waals surface area contributed by atoms with Gasteiger partial charge < -0.3 is 4.42 Å². The van der Waals surface area contributed by atoms with E-state index in [2.05, 4.69) is 23.4 Å². The van der Waals surface area contributed by atoms with E-state index in [1.54, 1.807) is 19.9 Å². The first kappa shape index (κ1) is 7.62. The molecule has 11 heavy (non-hydrogen) atoms. The molecular weight excluding hydrogens is 138 g/mol. The highest BCUT2D eigenvalue weighted by molar-refractivity contribution is 5.49. The average molecular weight is 147 g/mol. The first-order chi connectivity index (χ1) is 5.27. The first-order valence-corrected chi connectivity index (χ1v) is 3.30. The van der Waals surface area contributed by atoms with Crippen molar-refractivity contribution in [3.8, 4) is 11.8 Å². The predicted molar refractivity (Wildman–Crippen MR) is 43.9 cm³/mol. The molecule has 0 radical (unpaired) electrons. The fourth-order valence-electron chi connectivity index (χ4n) is 0.785. The smallest absolute Gasteiger partial charge is 0.204 e. The van der Waals surface area contributed by atoms with Crippen molar-refractivity contribution in [1.29, 1.82) is 0 Å². The van der Waals surface area contributed by atoms with E-state index in [1.165, 1.54) is 0 Å². The molecule has 0 atom stereocenters. The van der Waals surface area contributed by atoms with Gasteiger partial charge in [-0.1, -0.05) is 12.5 Å². The lowest BCUT2D eigenvalue weighted by molar-refractivity contribution is 0.510. The van der Waals surface area contributed by atoms with Crippen molar-refractivity contribution in [1.82, 2.24) is 4.98 Å². The quantitative estimate of drug-likeness (QED) is 0.568. The maximum Gasteiger partial charge on any atom is 0.204 e. The molecule has 0 fully saturated rings. The molecule has 2 heteroatoms. The molecule has 1 heterocycles. The molecule has 0 unspecified atom stereocenters. The molecule has 0 bridgehead atoms. The van der Waals surface area contributed by atoms with E-state index in [4.69, 9.17) is 4.42 Å². The number of aromatic nitrogens is 1. The summed E-state index contributed by atoms with van der Waals surface area (Å²) in [5.74, 6) is 6.76. The van der Waals surface area contributed by atoms with Gasteiger partial charge in [0.15, 0.2) is 5.89 Å². The van der Waals surface area contributed by atoms with Gasteiger partial charge in [0.25, 0.3) is 0 Å². The van der Waals surface area contributed by atoms with Crippen LogP contribution in [-0.2, 0) is 0 Å². The Morgan fingerprint density at radius 3 is 2.91 bits per heavy atom. The molecule has 0 aliphatic rings. The molecule has 0 saturated heterocycles. The highest BCUT2D eigenvalue weighted by Crippen LogP contribution is 2.09. The number of nitrogens with zero attached hydrogens (tertiary/aromatic N) is 1. The molecule has 1 aromatic heterocycles. The fourth-order valence-corrected chi connectivity index (χ4v) is 0.785. The van der Waals surface area contributed by atoms with Gasteiger partial charge in [-0.2, -0.15) is 0 Å². The van der Waals surface area contributed by atoms with E-state index in [-0.39, 0.29) is 0 Å². The zero-order valence-corrected chi connectivity index (χ0v) is 6.64. The minimum absolute atomic E-state index is 0.597. The second kappa shape index (κ2) is 3.07. The lowest BCUT2D eigenvalue weighted by Crippen LogP contribution is -1.74. The minimum atomic E-state index is 0.597. The van der Waals surface area contributed by atoms with E-state index >= 15 is 0 Å². The third kappa shape index (κ3) is 1.50. The normalized spacial score (nSPS) is 8.55. The number of hydrogen-bond donors (Lipinski definition) is 0. The Morgan fingerprint density at radius 1 is 1.64 bits per heavy atom. The Kier molecular flexibility index (Phi) is 2.12. The Labute approximate surface area is 65.9 Å². The van der Waals surface area contributed by atoms with Crippen molar-refractivity contribution < 1.29 is 4.42 Å². The molecule has 0 spiro atoms. The van der Waals surface area contributed by atoms with Gasteiger partial charge in [-0.15, -0.1) is 0 Å². The number of oxazole rings is 1. The summed E-state index contributed by atoms with van der Waals surface area (Å²) in [5, 5.41) is 0. The maximum absolute atomic E-state index is 5.19. The van der Waals surface area contributed by atoms with Gasteiger partial charge in [-0.05, 0) is 18.9 Å². The van der Waals surface area contributed by atoms with Crippen LogP contribution in [0.1, 0.15) is 24.3 Å². The molecule has 1 rings (SSSR count). The third-order valence-corrected chi connectivity index (χ3v) is 1.19. The van der Waals surface area contributed by atoms with Crippen LogP contribution in [0.2, 0.25) is 0 Å². The SMILES string of the molecule is C=Cc1nc(C)oc1C#CC. The molecule has 1 aromatic rings. The summed E-state index contributed by atoms with van der Waals surface area (Å²) in [4.78, 5) is 4.06. The molecular formula is C9H9NO. The van der Waals surface area contributed by atoms with Gasteiger partial charge in [0.05, 0.1) is 0 Å². The molecule has 0 aliphatic heterocycles. The van der Waals surface area contributed by atoms with Crippen LogP contribution in [0, 0.1) is 18.8 Å². The van der Waals surface area contributed by atoms with Crippen molar-refractivity contribution in [3.05, 3.63) is 23.9 Å². The van der Waals surface area contributed by atoms with Crippen molar-refractivity contribution >= 4 is 6.08 Å². The van der Waals surface area contributed by atoms with Crippen LogP contribution in [0.3, 0.4) is 0 Å². The van der Waals surface area contributed by atoms with Gasteiger partial charge in [-0.25, -0.2) is 4.98 Å². The number of aryl methyl sites for hydroxylation is 1. The Balaban J connectivity index is 3.18. The Bertz CT molecular complexity index is 325. The first-order valence-electron chi connectivity index (χ1n) is 3.30. The third-order valence-electron chi connectivity index (χ3n) is 1.19. The summed E-state index contributed by atoms with van der Waals surface area (Å²) < 4.78 is 5.19. The summed E-state index contributed by atoms with van der Waals surface area (Å²) in [7, 11) is 0. The summed E-state index contributed by atoms with van der Waals surface area (Å²) >= 11 is 0. The standard InChI is InChI=1S/C9H9NO/c1-4-6-9-8(5-2)10-7(3)11-9/h5H,2H2,1,3H3. The molecule has 0 aliphatic carbocycles. The highest BCUT2D eigenvalue weighted by Gasteiger charge is 2.03. The highest BCUT2D eigenvalue weighted by atomic mass is 16.4. The number of rotatable bonds is 1. The molecule has 56 valence electrons. The average Bonchev–Trinajstić information content (AvgIpc) is 2.32. The van der Waals surface area contributed by atoms with Gasteiger partial charge >= 0.3 is 0 Å². The van der Waals surface area contributed by atoms with Crippen molar-refractivity contribution in [2.45, 2.75) is 13.8 Å².